The molecule has 2 N–H and O–H groups in total. The maximum atomic E-state index is 11.7. The van der Waals surface area contributed by atoms with Crippen molar-refractivity contribution in [1.82, 2.24) is 5.43 Å². The fourth-order valence-corrected chi connectivity index (χ4v) is 2.66. The van der Waals surface area contributed by atoms with Gasteiger partial charge in [0.15, 0.2) is 0 Å². The van der Waals surface area contributed by atoms with Crippen LogP contribution in [-0.4, -0.2) is 17.5 Å². The van der Waals surface area contributed by atoms with Crippen LogP contribution in [0.25, 0.3) is 0 Å². The molecule has 1 aromatic carbocycles. The molecular weight excluding hydrogens is 266 g/mol. The largest absolute Gasteiger partial charge is 0.329 e. The van der Waals surface area contributed by atoms with E-state index in [1.807, 2.05) is 19.1 Å². The van der Waals surface area contributed by atoms with Gasteiger partial charge in [-0.3, -0.25) is 9.59 Å². The first-order valence-electron chi connectivity index (χ1n) is 7.04. The number of hydrazone groups is 1. The van der Waals surface area contributed by atoms with Crippen LogP contribution in [0.15, 0.2) is 41.5 Å². The lowest BCUT2D eigenvalue weighted by Crippen LogP contribution is -2.38. The first kappa shape index (κ1) is 13.5. The van der Waals surface area contributed by atoms with Crippen LogP contribution in [0.3, 0.4) is 0 Å². The Morgan fingerprint density at radius 3 is 2.67 bits per heavy atom. The Morgan fingerprint density at radius 2 is 1.95 bits per heavy atom. The number of aryl methyl sites for hydroxylation is 1. The molecule has 0 bridgehead atoms. The molecule has 0 heterocycles. The van der Waals surface area contributed by atoms with Crippen LogP contribution < -0.4 is 10.7 Å². The van der Waals surface area contributed by atoms with Gasteiger partial charge in [-0.05, 0) is 37.8 Å². The summed E-state index contributed by atoms with van der Waals surface area (Å²) in [6, 6.07) is 7.25. The highest BCUT2D eigenvalue weighted by Crippen LogP contribution is 2.39. The monoisotopic (exact) mass is 283 g/mol. The minimum atomic E-state index is -0.738. The number of carbonyl (C=O) groups is 2. The molecule has 0 saturated heterocycles. The second kappa shape index (κ2) is 5.52. The normalized spacial score (nSPS) is 24.3. The number of benzene rings is 1. The minimum Gasteiger partial charge on any atom is -0.318 e. The van der Waals surface area contributed by atoms with Crippen LogP contribution in [0.2, 0.25) is 0 Å². The Bertz CT molecular complexity index is 631. The van der Waals surface area contributed by atoms with Crippen molar-refractivity contribution in [2.75, 3.05) is 5.32 Å². The van der Waals surface area contributed by atoms with Crippen LogP contribution >= 0.6 is 0 Å². The molecule has 0 spiro atoms. The zero-order valence-electron chi connectivity index (χ0n) is 11.8. The molecule has 108 valence electrons. The summed E-state index contributed by atoms with van der Waals surface area (Å²) < 4.78 is 0. The number of fused-ring (bicyclic) bond motifs is 1. The van der Waals surface area contributed by atoms with E-state index in [1.165, 1.54) is 0 Å². The van der Waals surface area contributed by atoms with E-state index in [2.05, 4.69) is 28.0 Å². The molecule has 21 heavy (non-hydrogen) atoms. The third kappa shape index (κ3) is 2.86. The van der Waals surface area contributed by atoms with Crippen molar-refractivity contribution in [2.24, 2.45) is 16.9 Å². The van der Waals surface area contributed by atoms with E-state index in [-0.39, 0.29) is 0 Å². The van der Waals surface area contributed by atoms with E-state index < -0.39 is 11.8 Å². The second-order valence-corrected chi connectivity index (χ2v) is 5.50. The Morgan fingerprint density at radius 1 is 1.19 bits per heavy atom. The van der Waals surface area contributed by atoms with Crippen LogP contribution in [0.1, 0.15) is 18.4 Å². The SMILES string of the molecule is Cc1ccc(NC(=O)C(=O)N/N=C2/C[C@@H]3C=CC[C@H]23)cc1. The van der Waals surface area contributed by atoms with Crippen LogP contribution in [0, 0.1) is 18.8 Å². The van der Waals surface area contributed by atoms with Gasteiger partial charge < -0.3 is 5.32 Å². The molecule has 1 saturated carbocycles. The molecule has 5 heteroatoms. The van der Waals surface area contributed by atoms with Crippen molar-refractivity contribution in [2.45, 2.75) is 19.8 Å². The van der Waals surface area contributed by atoms with Gasteiger partial charge >= 0.3 is 11.8 Å². The average Bonchev–Trinajstić information content (AvgIpc) is 2.83. The van der Waals surface area contributed by atoms with Crippen LogP contribution in [-0.2, 0) is 9.59 Å². The van der Waals surface area contributed by atoms with E-state index in [0.717, 1.165) is 24.1 Å². The number of hydrogen-bond donors (Lipinski definition) is 2. The molecule has 0 unspecified atom stereocenters. The molecule has 1 fully saturated rings. The zero-order valence-corrected chi connectivity index (χ0v) is 11.8. The van der Waals surface area contributed by atoms with Crippen molar-refractivity contribution in [3.8, 4) is 0 Å². The number of carbonyl (C=O) groups excluding carboxylic acids is 2. The van der Waals surface area contributed by atoms with Crippen molar-refractivity contribution in [3.63, 3.8) is 0 Å². The topological polar surface area (TPSA) is 70.6 Å². The van der Waals surface area contributed by atoms with Crippen molar-refractivity contribution >= 4 is 23.2 Å². The molecule has 0 aliphatic heterocycles. The molecule has 2 aliphatic rings. The van der Waals surface area contributed by atoms with Crippen molar-refractivity contribution in [1.29, 1.82) is 0 Å². The van der Waals surface area contributed by atoms with E-state index in [1.54, 1.807) is 12.1 Å². The number of anilines is 1. The summed E-state index contributed by atoms with van der Waals surface area (Å²) in [6.45, 7) is 1.96. The van der Waals surface area contributed by atoms with Gasteiger partial charge in [0.05, 0.1) is 0 Å². The Kier molecular flexibility index (Phi) is 3.56. The third-order valence-corrected chi connectivity index (χ3v) is 3.98. The molecule has 2 amide bonds. The molecule has 3 rings (SSSR count). The van der Waals surface area contributed by atoms with Gasteiger partial charge in [0.2, 0.25) is 0 Å². The second-order valence-electron chi connectivity index (χ2n) is 5.50. The van der Waals surface area contributed by atoms with Gasteiger partial charge in [-0.1, -0.05) is 29.8 Å². The summed E-state index contributed by atoms with van der Waals surface area (Å²) in [5.74, 6) is -0.450. The highest BCUT2D eigenvalue weighted by molar-refractivity contribution is 6.39. The standard InChI is InChI=1S/C16H17N3O2/c1-10-5-7-12(8-6-10)17-15(20)16(21)19-18-14-9-11-3-2-4-13(11)14/h2-3,5-8,11,13H,4,9H2,1H3,(H,17,20)(H,19,21)/b18-14-/t11-,13-/m0/s1. The Labute approximate surface area is 123 Å². The third-order valence-electron chi connectivity index (χ3n) is 3.98. The molecule has 2 atom stereocenters. The summed E-state index contributed by atoms with van der Waals surface area (Å²) in [5, 5.41) is 6.61. The lowest BCUT2D eigenvalue weighted by atomic mass is 9.74. The maximum Gasteiger partial charge on any atom is 0.329 e. The minimum absolute atomic E-state index is 0.422. The highest BCUT2D eigenvalue weighted by Gasteiger charge is 2.38. The quantitative estimate of drug-likeness (QED) is 0.495. The number of hydrogen-bond acceptors (Lipinski definition) is 3. The molecule has 0 aromatic heterocycles. The first-order valence-corrected chi connectivity index (χ1v) is 7.04. The molecule has 2 aliphatic carbocycles. The molecule has 5 nitrogen and oxygen atoms in total. The zero-order chi connectivity index (χ0) is 14.8. The predicted octanol–water partition coefficient (Wildman–Crippen LogP) is 2.00. The van der Waals surface area contributed by atoms with Gasteiger partial charge in [0.1, 0.15) is 0 Å². The smallest absolute Gasteiger partial charge is 0.318 e. The van der Waals surface area contributed by atoms with Crippen molar-refractivity contribution in [3.05, 3.63) is 42.0 Å². The highest BCUT2D eigenvalue weighted by atomic mass is 16.2. The van der Waals surface area contributed by atoms with Gasteiger partial charge in [-0.2, -0.15) is 5.10 Å². The maximum absolute atomic E-state index is 11.7. The summed E-state index contributed by atoms with van der Waals surface area (Å²) in [7, 11) is 0. The molecule has 0 radical (unpaired) electrons. The summed E-state index contributed by atoms with van der Waals surface area (Å²) >= 11 is 0. The van der Waals surface area contributed by atoms with E-state index in [0.29, 0.717) is 17.5 Å². The van der Waals surface area contributed by atoms with Crippen molar-refractivity contribution < 1.29 is 9.59 Å². The average molecular weight is 283 g/mol. The number of rotatable bonds is 2. The van der Waals surface area contributed by atoms with E-state index in [4.69, 9.17) is 0 Å². The lowest BCUT2D eigenvalue weighted by molar-refractivity contribution is -0.136. The Balaban J connectivity index is 1.52. The van der Waals surface area contributed by atoms with Gasteiger partial charge in [0, 0.05) is 17.3 Å². The molecular formula is C16H17N3O2. The Hall–Kier alpha value is -2.43. The van der Waals surface area contributed by atoms with E-state index >= 15 is 0 Å². The summed E-state index contributed by atoms with van der Waals surface area (Å²) in [6.07, 6.45) is 6.19. The molecule has 1 aromatic rings. The van der Waals surface area contributed by atoms with E-state index in [9.17, 15) is 9.59 Å². The number of amides is 2. The fraction of sp³-hybridized carbons (Fsp3) is 0.312. The van der Waals surface area contributed by atoms with Crippen LogP contribution in [0.5, 0.6) is 0 Å². The van der Waals surface area contributed by atoms with Gasteiger partial charge in [-0.25, -0.2) is 5.43 Å². The number of nitrogens with one attached hydrogen (secondary N) is 2. The predicted molar refractivity (Wildman–Crippen MR) is 80.7 cm³/mol. The first-order chi connectivity index (χ1) is 10.1. The van der Waals surface area contributed by atoms with Gasteiger partial charge in [-0.15, -0.1) is 0 Å². The summed E-state index contributed by atoms with van der Waals surface area (Å²) in [5.41, 5.74) is 5.00. The van der Waals surface area contributed by atoms with Gasteiger partial charge in [0.25, 0.3) is 0 Å². The lowest BCUT2D eigenvalue weighted by Gasteiger charge is -2.31. The fourth-order valence-electron chi connectivity index (χ4n) is 2.66. The number of nitrogens with zero attached hydrogens (tertiary/aromatic N) is 1. The summed E-state index contributed by atoms with van der Waals surface area (Å²) in [4.78, 5) is 23.4. The number of allylic oxidation sites excluding steroid dienone is 2. The van der Waals surface area contributed by atoms with Crippen LogP contribution in [0.4, 0.5) is 5.69 Å².